The number of rotatable bonds is 3. The maximum atomic E-state index is 12.9. The lowest BCUT2D eigenvalue weighted by molar-refractivity contribution is -0.138. The van der Waals surface area contributed by atoms with Gasteiger partial charge in [0.25, 0.3) is 5.91 Å². The minimum atomic E-state index is -0.860. The number of para-hydroxylation sites is 1. The van der Waals surface area contributed by atoms with Crippen molar-refractivity contribution in [3.8, 4) is 0 Å². The molecule has 0 radical (unpaired) electrons. The Morgan fingerprint density at radius 2 is 2.05 bits per heavy atom. The number of carbonyl (C=O) groups is 2. The van der Waals surface area contributed by atoms with Crippen molar-refractivity contribution in [3.63, 3.8) is 0 Å². The summed E-state index contributed by atoms with van der Waals surface area (Å²) in [6.07, 6.45) is 4.31. The van der Waals surface area contributed by atoms with E-state index < -0.39 is 5.97 Å². The van der Waals surface area contributed by atoms with Crippen LogP contribution in [0, 0.1) is 0 Å². The number of fused-ring (bicyclic) bond motifs is 1. The zero-order valence-electron chi connectivity index (χ0n) is 12.2. The van der Waals surface area contributed by atoms with Gasteiger partial charge in [0.05, 0.1) is 17.5 Å². The summed E-state index contributed by atoms with van der Waals surface area (Å²) in [7, 11) is 0. The molecule has 1 saturated heterocycles. The van der Waals surface area contributed by atoms with Crippen molar-refractivity contribution < 1.29 is 14.7 Å². The summed E-state index contributed by atoms with van der Waals surface area (Å²) in [5, 5.41) is 9.97. The quantitative estimate of drug-likeness (QED) is 0.945. The molecule has 1 fully saturated rings. The molecule has 1 aliphatic rings. The third kappa shape index (κ3) is 2.79. The van der Waals surface area contributed by atoms with Gasteiger partial charge in [-0.25, -0.2) is 0 Å². The summed E-state index contributed by atoms with van der Waals surface area (Å²) in [6.45, 7) is 0.611. The molecular formula is C17H18N2O3. The molecule has 1 aliphatic heterocycles. The molecule has 22 heavy (non-hydrogen) atoms. The zero-order chi connectivity index (χ0) is 15.5. The number of amides is 1. The van der Waals surface area contributed by atoms with E-state index in [4.69, 9.17) is 5.11 Å². The fourth-order valence-electron chi connectivity index (χ4n) is 3.11. The average molecular weight is 298 g/mol. The summed E-state index contributed by atoms with van der Waals surface area (Å²) in [6, 6.07) is 9.06. The van der Waals surface area contributed by atoms with Crippen molar-refractivity contribution in [1.29, 1.82) is 0 Å². The molecule has 114 valence electrons. The molecule has 0 saturated carbocycles. The van der Waals surface area contributed by atoms with Crippen LogP contribution in [0.5, 0.6) is 0 Å². The van der Waals surface area contributed by atoms with Gasteiger partial charge in [-0.3, -0.25) is 14.6 Å². The van der Waals surface area contributed by atoms with Crippen LogP contribution in [0.2, 0.25) is 0 Å². The van der Waals surface area contributed by atoms with Crippen molar-refractivity contribution in [1.82, 2.24) is 9.88 Å². The van der Waals surface area contributed by atoms with E-state index in [2.05, 4.69) is 4.98 Å². The molecule has 2 heterocycles. The second kappa shape index (κ2) is 6.13. The normalized spacial score (nSPS) is 18.4. The van der Waals surface area contributed by atoms with Crippen LogP contribution >= 0.6 is 0 Å². The lowest BCUT2D eigenvalue weighted by Gasteiger charge is -2.35. The lowest BCUT2D eigenvalue weighted by atomic mass is 9.97. The van der Waals surface area contributed by atoms with E-state index in [-0.39, 0.29) is 18.4 Å². The summed E-state index contributed by atoms with van der Waals surface area (Å²) >= 11 is 0. The van der Waals surface area contributed by atoms with Crippen molar-refractivity contribution in [2.45, 2.75) is 31.7 Å². The average Bonchev–Trinajstić information content (AvgIpc) is 2.54. The minimum Gasteiger partial charge on any atom is -0.481 e. The Bertz CT molecular complexity index is 709. The second-order valence-corrected chi connectivity index (χ2v) is 5.63. The third-order valence-corrected chi connectivity index (χ3v) is 4.16. The Hall–Kier alpha value is -2.43. The number of benzene rings is 1. The fourth-order valence-corrected chi connectivity index (χ4v) is 3.11. The Morgan fingerprint density at radius 1 is 1.23 bits per heavy atom. The molecule has 3 rings (SSSR count). The van der Waals surface area contributed by atoms with E-state index in [1.807, 2.05) is 24.3 Å². The van der Waals surface area contributed by atoms with Crippen LogP contribution in [-0.2, 0) is 4.79 Å². The Labute approximate surface area is 128 Å². The van der Waals surface area contributed by atoms with Crippen molar-refractivity contribution >= 4 is 22.8 Å². The highest BCUT2D eigenvalue weighted by atomic mass is 16.4. The Morgan fingerprint density at radius 3 is 2.86 bits per heavy atom. The van der Waals surface area contributed by atoms with E-state index in [0.717, 1.165) is 24.6 Å². The molecule has 0 bridgehead atoms. The number of nitrogens with zero attached hydrogens (tertiary/aromatic N) is 2. The molecule has 2 aromatic rings. The van der Waals surface area contributed by atoms with Gasteiger partial charge in [0.15, 0.2) is 0 Å². The first kappa shape index (κ1) is 14.5. The maximum Gasteiger partial charge on any atom is 0.305 e. The van der Waals surface area contributed by atoms with Crippen LogP contribution in [0.1, 0.15) is 36.0 Å². The first-order valence-electron chi connectivity index (χ1n) is 7.53. The van der Waals surface area contributed by atoms with Gasteiger partial charge in [-0.1, -0.05) is 18.2 Å². The number of carbonyl (C=O) groups excluding carboxylic acids is 1. The topological polar surface area (TPSA) is 70.5 Å². The fraction of sp³-hybridized carbons (Fsp3) is 0.353. The van der Waals surface area contributed by atoms with E-state index >= 15 is 0 Å². The van der Waals surface area contributed by atoms with Gasteiger partial charge in [-0.05, 0) is 31.4 Å². The molecule has 1 aromatic heterocycles. The van der Waals surface area contributed by atoms with Crippen molar-refractivity contribution in [2.75, 3.05) is 6.54 Å². The number of hydrogen-bond acceptors (Lipinski definition) is 3. The van der Waals surface area contributed by atoms with Crippen LogP contribution in [0.25, 0.3) is 10.9 Å². The highest BCUT2D eigenvalue weighted by Crippen LogP contribution is 2.24. The first-order chi connectivity index (χ1) is 10.7. The van der Waals surface area contributed by atoms with E-state index in [1.165, 1.54) is 0 Å². The molecule has 0 spiro atoms. The molecule has 1 amide bonds. The maximum absolute atomic E-state index is 12.9. The number of hydrogen-bond donors (Lipinski definition) is 1. The monoisotopic (exact) mass is 298 g/mol. The van der Waals surface area contributed by atoms with E-state index in [1.54, 1.807) is 17.2 Å². The predicted molar refractivity (Wildman–Crippen MR) is 82.7 cm³/mol. The van der Waals surface area contributed by atoms with Gasteiger partial charge in [0.2, 0.25) is 0 Å². The van der Waals surface area contributed by atoms with Crippen LogP contribution in [-0.4, -0.2) is 39.5 Å². The first-order valence-corrected chi connectivity index (χ1v) is 7.53. The van der Waals surface area contributed by atoms with E-state index in [0.29, 0.717) is 17.6 Å². The van der Waals surface area contributed by atoms with Crippen LogP contribution < -0.4 is 0 Å². The van der Waals surface area contributed by atoms with Crippen molar-refractivity contribution in [3.05, 3.63) is 42.1 Å². The van der Waals surface area contributed by atoms with Crippen molar-refractivity contribution in [2.24, 2.45) is 0 Å². The smallest absolute Gasteiger partial charge is 0.305 e. The van der Waals surface area contributed by atoms with Crippen LogP contribution in [0.3, 0.4) is 0 Å². The summed E-state index contributed by atoms with van der Waals surface area (Å²) in [5.41, 5.74) is 1.23. The van der Waals surface area contributed by atoms with Crippen LogP contribution in [0.4, 0.5) is 0 Å². The lowest BCUT2D eigenvalue weighted by Crippen LogP contribution is -2.44. The SMILES string of the molecule is O=C(O)C[C@@H]1CCCCN1C(=O)c1cccc2cccnc12. The van der Waals surface area contributed by atoms with E-state index in [9.17, 15) is 9.59 Å². The molecule has 1 N–H and O–H groups in total. The summed E-state index contributed by atoms with van der Waals surface area (Å²) in [5.74, 6) is -0.976. The molecular weight excluding hydrogens is 280 g/mol. The molecule has 1 atom stereocenters. The number of aliphatic carboxylic acids is 1. The number of pyridine rings is 1. The Balaban J connectivity index is 1.95. The standard InChI is InChI=1S/C17H18N2O3/c20-15(21)11-13-7-1-2-10-19(13)17(22)14-8-3-5-12-6-4-9-18-16(12)14/h3-6,8-9,13H,1-2,7,10-11H2,(H,20,21)/t13-/m0/s1. The second-order valence-electron chi connectivity index (χ2n) is 5.63. The molecule has 0 unspecified atom stereocenters. The number of likely N-dealkylation sites (tertiary alicyclic amines) is 1. The van der Waals surface area contributed by atoms with Gasteiger partial charge in [-0.15, -0.1) is 0 Å². The van der Waals surface area contributed by atoms with Gasteiger partial charge < -0.3 is 10.0 Å². The highest BCUT2D eigenvalue weighted by Gasteiger charge is 2.29. The molecule has 1 aromatic carbocycles. The number of aromatic nitrogens is 1. The number of carboxylic acids is 1. The van der Waals surface area contributed by atoms with Gasteiger partial charge in [0, 0.05) is 24.2 Å². The molecule has 5 nitrogen and oxygen atoms in total. The largest absolute Gasteiger partial charge is 0.481 e. The minimum absolute atomic E-state index is 0.00390. The molecule has 5 heteroatoms. The summed E-state index contributed by atoms with van der Waals surface area (Å²) < 4.78 is 0. The van der Waals surface area contributed by atoms with Gasteiger partial charge in [-0.2, -0.15) is 0 Å². The highest BCUT2D eigenvalue weighted by molar-refractivity contribution is 6.05. The predicted octanol–water partition coefficient (Wildman–Crippen LogP) is 2.70. The third-order valence-electron chi connectivity index (χ3n) is 4.16. The zero-order valence-corrected chi connectivity index (χ0v) is 12.2. The number of carboxylic acid groups (broad SMARTS) is 1. The molecule has 0 aliphatic carbocycles. The number of piperidine rings is 1. The summed E-state index contributed by atoms with van der Waals surface area (Å²) in [4.78, 5) is 30.0. The van der Waals surface area contributed by atoms with Gasteiger partial charge in [0.1, 0.15) is 0 Å². The van der Waals surface area contributed by atoms with Crippen LogP contribution in [0.15, 0.2) is 36.5 Å². The Kier molecular flexibility index (Phi) is 4.04. The van der Waals surface area contributed by atoms with Gasteiger partial charge >= 0.3 is 5.97 Å².